The Hall–Kier alpha value is -2.41. The Morgan fingerprint density at radius 2 is 2.08 bits per heavy atom. The number of hydrogen-bond acceptors (Lipinski definition) is 4. The van der Waals surface area contributed by atoms with Gasteiger partial charge in [0.1, 0.15) is 5.56 Å². The van der Waals surface area contributed by atoms with Crippen LogP contribution in [0.5, 0.6) is 0 Å². The number of amides is 1. The minimum absolute atomic E-state index is 0.0565. The van der Waals surface area contributed by atoms with Gasteiger partial charge in [-0.25, -0.2) is 0 Å². The molecule has 1 aliphatic rings. The molecule has 1 amide bonds. The highest BCUT2D eigenvalue weighted by Gasteiger charge is 2.30. The van der Waals surface area contributed by atoms with Crippen LogP contribution in [0.2, 0.25) is 5.02 Å². The minimum atomic E-state index is -0.577. The van der Waals surface area contributed by atoms with Crippen LogP contribution in [0.1, 0.15) is 42.4 Å². The molecule has 0 saturated carbocycles. The number of rotatable bonds is 2. The molecule has 0 atom stereocenters. The zero-order valence-corrected chi connectivity index (χ0v) is 15.1. The van der Waals surface area contributed by atoms with Crippen molar-refractivity contribution in [2.24, 2.45) is 0 Å². The van der Waals surface area contributed by atoms with E-state index in [4.69, 9.17) is 11.6 Å². The molecule has 2 heterocycles. The van der Waals surface area contributed by atoms with Crippen LogP contribution >= 0.6 is 11.6 Å². The maximum absolute atomic E-state index is 12.8. The summed E-state index contributed by atoms with van der Waals surface area (Å²) < 4.78 is 1.98. The molecule has 2 aromatic rings. The maximum atomic E-state index is 12.8. The molecule has 132 valence electrons. The number of fused-ring (bicyclic) bond motifs is 1. The molecule has 0 spiro atoms. The summed E-state index contributed by atoms with van der Waals surface area (Å²) in [7, 11) is 0. The Balaban J connectivity index is 1.89. The topological polar surface area (TPSA) is 81.3 Å². The smallest absolute Gasteiger partial charge is 0.283 e. The van der Waals surface area contributed by atoms with Gasteiger partial charge in [-0.15, -0.1) is 0 Å². The van der Waals surface area contributed by atoms with Gasteiger partial charge in [0.25, 0.3) is 11.6 Å². The second-order valence-corrected chi connectivity index (χ2v) is 7.53. The molecule has 1 aromatic carbocycles. The molecule has 0 aliphatic carbocycles. The van der Waals surface area contributed by atoms with Crippen molar-refractivity contribution in [2.45, 2.75) is 39.3 Å². The second-order valence-electron chi connectivity index (χ2n) is 7.09. The Kier molecular flexibility index (Phi) is 4.28. The minimum Gasteiger partial charge on any atom is -0.334 e. The van der Waals surface area contributed by atoms with E-state index in [1.165, 1.54) is 18.2 Å². The van der Waals surface area contributed by atoms with Gasteiger partial charge in [-0.2, -0.15) is 5.10 Å². The molecular formula is C17H19ClN4O3. The van der Waals surface area contributed by atoms with E-state index in [-0.39, 0.29) is 27.7 Å². The molecule has 0 bridgehead atoms. The fourth-order valence-corrected chi connectivity index (χ4v) is 3.26. The van der Waals surface area contributed by atoms with Crippen molar-refractivity contribution in [1.29, 1.82) is 0 Å². The van der Waals surface area contributed by atoms with Crippen LogP contribution in [0, 0.1) is 10.1 Å². The first-order chi connectivity index (χ1) is 11.7. The van der Waals surface area contributed by atoms with Crippen molar-refractivity contribution in [1.82, 2.24) is 14.7 Å². The summed E-state index contributed by atoms with van der Waals surface area (Å²) in [6.45, 7) is 7.12. The number of carbonyl (C=O) groups is 1. The lowest BCUT2D eigenvalue weighted by Crippen LogP contribution is -2.37. The standard InChI is InChI=1S/C17H19ClN4O3/c1-17(2,3)21-14-6-7-20(10-11(14)9-19-21)16(23)13-5-4-12(18)8-15(13)22(24)25/h4-5,8-9H,6-7,10H2,1-3H3. The summed E-state index contributed by atoms with van der Waals surface area (Å²) in [6.07, 6.45) is 2.44. The fourth-order valence-electron chi connectivity index (χ4n) is 3.09. The molecule has 1 aromatic heterocycles. The Bertz CT molecular complexity index is 854. The van der Waals surface area contributed by atoms with Gasteiger partial charge >= 0.3 is 0 Å². The number of nitro groups is 1. The van der Waals surface area contributed by atoms with Crippen molar-refractivity contribution >= 4 is 23.2 Å². The molecule has 8 heteroatoms. The van der Waals surface area contributed by atoms with Gasteiger partial charge in [-0.1, -0.05) is 11.6 Å². The van der Waals surface area contributed by atoms with Gasteiger partial charge in [0.05, 0.1) is 16.7 Å². The van der Waals surface area contributed by atoms with E-state index in [1.807, 2.05) is 4.68 Å². The van der Waals surface area contributed by atoms with Crippen LogP contribution in [-0.4, -0.2) is 32.1 Å². The van der Waals surface area contributed by atoms with E-state index >= 15 is 0 Å². The molecule has 25 heavy (non-hydrogen) atoms. The Labute approximate surface area is 150 Å². The van der Waals surface area contributed by atoms with Crippen LogP contribution < -0.4 is 0 Å². The Morgan fingerprint density at radius 3 is 2.72 bits per heavy atom. The van der Waals surface area contributed by atoms with E-state index < -0.39 is 4.92 Å². The monoisotopic (exact) mass is 362 g/mol. The molecular weight excluding hydrogens is 344 g/mol. The summed E-state index contributed by atoms with van der Waals surface area (Å²) in [5.74, 6) is -0.363. The van der Waals surface area contributed by atoms with Gasteiger partial charge in [-0.3, -0.25) is 19.6 Å². The molecule has 0 N–H and O–H groups in total. The number of benzene rings is 1. The maximum Gasteiger partial charge on any atom is 0.283 e. The van der Waals surface area contributed by atoms with Crippen molar-refractivity contribution in [3.63, 3.8) is 0 Å². The lowest BCUT2D eigenvalue weighted by atomic mass is 10.0. The molecule has 0 radical (unpaired) electrons. The number of nitrogens with zero attached hydrogens (tertiary/aromatic N) is 4. The van der Waals surface area contributed by atoms with Crippen molar-refractivity contribution in [2.75, 3.05) is 6.54 Å². The van der Waals surface area contributed by atoms with E-state index in [2.05, 4.69) is 25.9 Å². The van der Waals surface area contributed by atoms with E-state index in [9.17, 15) is 14.9 Å². The third-order valence-electron chi connectivity index (χ3n) is 4.24. The molecule has 0 fully saturated rings. The lowest BCUT2D eigenvalue weighted by Gasteiger charge is -2.30. The average Bonchev–Trinajstić information content (AvgIpc) is 2.97. The predicted octanol–water partition coefficient (Wildman–Crippen LogP) is 3.40. The van der Waals surface area contributed by atoms with Crippen LogP contribution in [0.15, 0.2) is 24.4 Å². The number of hydrogen-bond donors (Lipinski definition) is 0. The SMILES string of the molecule is CC(C)(C)n1ncc2c1CCN(C(=O)c1ccc(Cl)cc1[N+](=O)[O-])C2. The number of nitro benzene ring substituents is 1. The van der Waals surface area contributed by atoms with Crippen molar-refractivity contribution in [3.8, 4) is 0 Å². The van der Waals surface area contributed by atoms with Crippen LogP contribution in [-0.2, 0) is 18.5 Å². The fraction of sp³-hybridized carbons (Fsp3) is 0.412. The Morgan fingerprint density at radius 1 is 1.36 bits per heavy atom. The predicted molar refractivity (Wildman–Crippen MR) is 93.8 cm³/mol. The van der Waals surface area contributed by atoms with Crippen molar-refractivity contribution < 1.29 is 9.72 Å². The average molecular weight is 363 g/mol. The second kappa shape index (κ2) is 6.15. The van der Waals surface area contributed by atoms with Crippen LogP contribution in [0.4, 0.5) is 5.69 Å². The van der Waals surface area contributed by atoms with Gasteiger partial charge in [0.15, 0.2) is 0 Å². The molecule has 7 nitrogen and oxygen atoms in total. The quantitative estimate of drug-likeness (QED) is 0.605. The summed E-state index contributed by atoms with van der Waals surface area (Å²) >= 11 is 5.82. The van der Waals surface area contributed by atoms with Gasteiger partial charge < -0.3 is 4.90 Å². The van der Waals surface area contributed by atoms with Gasteiger partial charge in [0.2, 0.25) is 0 Å². The van der Waals surface area contributed by atoms with Crippen molar-refractivity contribution in [3.05, 3.63) is 56.4 Å². The van der Waals surface area contributed by atoms with E-state index in [0.717, 1.165) is 11.3 Å². The van der Waals surface area contributed by atoms with Crippen LogP contribution in [0.3, 0.4) is 0 Å². The first kappa shape index (κ1) is 17.4. The highest BCUT2D eigenvalue weighted by Crippen LogP contribution is 2.28. The lowest BCUT2D eigenvalue weighted by molar-refractivity contribution is -0.385. The highest BCUT2D eigenvalue weighted by molar-refractivity contribution is 6.31. The number of aromatic nitrogens is 2. The number of carbonyl (C=O) groups excluding carboxylic acids is 1. The first-order valence-corrected chi connectivity index (χ1v) is 8.36. The normalized spacial score (nSPS) is 14.3. The molecule has 1 aliphatic heterocycles. The van der Waals surface area contributed by atoms with Crippen LogP contribution in [0.25, 0.3) is 0 Å². The highest BCUT2D eigenvalue weighted by atomic mass is 35.5. The molecule has 0 saturated heterocycles. The van der Waals surface area contributed by atoms with E-state index in [0.29, 0.717) is 19.5 Å². The van der Waals surface area contributed by atoms with Gasteiger partial charge in [0, 0.05) is 41.9 Å². The first-order valence-electron chi connectivity index (χ1n) is 7.98. The summed E-state index contributed by atoms with van der Waals surface area (Å²) in [6, 6.07) is 4.12. The largest absolute Gasteiger partial charge is 0.334 e. The third kappa shape index (κ3) is 3.24. The number of halogens is 1. The zero-order valence-electron chi connectivity index (χ0n) is 14.3. The summed E-state index contributed by atoms with van der Waals surface area (Å²) in [5.41, 5.74) is 1.75. The summed E-state index contributed by atoms with van der Waals surface area (Å²) in [4.78, 5) is 25.1. The molecule has 0 unspecified atom stereocenters. The van der Waals surface area contributed by atoms with E-state index in [1.54, 1.807) is 11.1 Å². The third-order valence-corrected chi connectivity index (χ3v) is 4.48. The molecule has 3 rings (SSSR count). The summed E-state index contributed by atoms with van der Waals surface area (Å²) in [5, 5.41) is 15.9. The van der Waals surface area contributed by atoms with Gasteiger partial charge in [-0.05, 0) is 32.9 Å². The zero-order chi connectivity index (χ0) is 18.4.